The molecule has 2 aromatic rings. The summed E-state index contributed by atoms with van der Waals surface area (Å²) in [7, 11) is 5.89. The first-order chi connectivity index (χ1) is 12.5. The van der Waals surface area contributed by atoms with Crippen molar-refractivity contribution in [2.24, 2.45) is 4.99 Å². The van der Waals surface area contributed by atoms with Gasteiger partial charge in [-0.05, 0) is 43.4 Å². The molecule has 0 spiro atoms. The van der Waals surface area contributed by atoms with Crippen molar-refractivity contribution in [2.45, 2.75) is 26.2 Å². The van der Waals surface area contributed by atoms with Crippen LogP contribution in [0.25, 0.3) is 0 Å². The standard InChI is InChI=1S/C18H17BFN3O2S/c1-3-25-18(24)14-13(9-19)22-16(17-21-6-7-26-17)23-15(14)12-5-4-11(20)8-10(12)2/h4-8,15H,3,9H2,1-2H3,(H,22,23)/t15-/m0/s1. The summed E-state index contributed by atoms with van der Waals surface area (Å²) >= 11 is 1.42. The fourth-order valence-electron chi connectivity index (χ4n) is 2.83. The van der Waals surface area contributed by atoms with Crippen molar-refractivity contribution in [3.63, 3.8) is 0 Å². The molecule has 1 aliphatic heterocycles. The molecule has 1 aromatic heterocycles. The smallest absolute Gasteiger partial charge is 0.338 e. The van der Waals surface area contributed by atoms with E-state index in [1.807, 2.05) is 5.38 Å². The zero-order chi connectivity index (χ0) is 18.7. The average molecular weight is 369 g/mol. The molecule has 0 amide bonds. The number of thiazole rings is 1. The number of hydrogen-bond donors (Lipinski definition) is 1. The van der Waals surface area contributed by atoms with Crippen molar-refractivity contribution in [2.75, 3.05) is 6.61 Å². The summed E-state index contributed by atoms with van der Waals surface area (Å²) in [5, 5.41) is 5.62. The number of esters is 1. The second kappa shape index (κ2) is 7.82. The van der Waals surface area contributed by atoms with Gasteiger partial charge in [-0.3, -0.25) is 4.99 Å². The summed E-state index contributed by atoms with van der Waals surface area (Å²) in [5.41, 5.74) is 2.27. The Morgan fingerprint density at radius 1 is 1.46 bits per heavy atom. The number of ether oxygens (including phenoxy) is 1. The second-order valence-corrected chi connectivity index (χ2v) is 6.55. The maximum atomic E-state index is 13.6. The molecule has 26 heavy (non-hydrogen) atoms. The van der Waals surface area contributed by atoms with Gasteiger partial charge in [0.1, 0.15) is 11.9 Å². The fraction of sp³-hybridized carbons (Fsp3) is 0.278. The third kappa shape index (κ3) is 3.55. The number of benzene rings is 1. The highest BCUT2D eigenvalue weighted by molar-refractivity contribution is 7.11. The maximum Gasteiger partial charge on any atom is 0.338 e. The first kappa shape index (κ1) is 18.3. The van der Waals surface area contributed by atoms with Crippen LogP contribution in [0.4, 0.5) is 4.39 Å². The minimum Gasteiger partial charge on any atom is -0.463 e. The Balaban J connectivity index is 2.15. The summed E-state index contributed by atoms with van der Waals surface area (Å²) < 4.78 is 18.8. The highest BCUT2D eigenvalue weighted by Gasteiger charge is 2.32. The van der Waals surface area contributed by atoms with Crippen LogP contribution in [0.5, 0.6) is 0 Å². The summed E-state index contributed by atoms with van der Waals surface area (Å²) in [6.45, 7) is 3.75. The molecular weight excluding hydrogens is 352 g/mol. The van der Waals surface area contributed by atoms with Crippen LogP contribution in [0, 0.1) is 12.7 Å². The molecule has 0 fully saturated rings. The lowest BCUT2D eigenvalue weighted by molar-refractivity contribution is -0.138. The van der Waals surface area contributed by atoms with Crippen LogP contribution in [0.1, 0.15) is 29.1 Å². The number of halogens is 1. The maximum absolute atomic E-state index is 13.6. The van der Waals surface area contributed by atoms with E-state index in [0.29, 0.717) is 27.7 Å². The van der Waals surface area contributed by atoms with E-state index in [2.05, 4.69) is 15.3 Å². The molecule has 2 heterocycles. The van der Waals surface area contributed by atoms with Gasteiger partial charge >= 0.3 is 5.97 Å². The van der Waals surface area contributed by atoms with Crippen molar-refractivity contribution in [3.05, 3.63) is 63.0 Å². The number of aromatic nitrogens is 1. The predicted octanol–water partition coefficient (Wildman–Crippen LogP) is 3.09. The number of carbonyl (C=O) groups excluding carboxylic acids is 1. The molecule has 5 nitrogen and oxygen atoms in total. The molecule has 2 radical (unpaired) electrons. The zero-order valence-electron chi connectivity index (χ0n) is 14.5. The van der Waals surface area contributed by atoms with Crippen LogP contribution in [0.2, 0.25) is 6.32 Å². The van der Waals surface area contributed by atoms with Crippen molar-refractivity contribution in [1.82, 2.24) is 10.3 Å². The van der Waals surface area contributed by atoms with Gasteiger partial charge in [0.05, 0.1) is 20.0 Å². The van der Waals surface area contributed by atoms with E-state index in [-0.39, 0.29) is 18.7 Å². The summed E-state index contributed by atoms with van der Waals surface area (Å²) in [5.74, 6) is -0.302. The fourth-order valence-corrected chi connectivity index (χ4v) is 3.41. The van der Waals surface area contributed by atoms with Crippen molar-refractivity contribution in [3.8, 4) is 0 Å². The molecule has 0 saturated carbocycles. The average Bonchev–Trinajstić information content (AvgIpc) is 3.15. The molecule has 1 atom stereocenters. The zero-order valence-corrected chi connectivity index (χ0v) is 15.3. The first-order valence-electron chi connectivity index (χ1n) is 8.16. The van der Waals surface area contributed by atoms with Crippen LogP contribution in [-0.2, 0) is 9.53 Å². The Labute approximate surface area is 156 Å². The van der Waals surface area contributed by atoms with Gasteiger partial charge in [-0.2, -0.15) is 0 Å². The Morgan fingerprint density at radius 2 is 2.27 bits per heavy atom. The lowest BCUT2D eigenvalue weighted by Gasteiger charge is -2.27. The molecule has 8 heteroatoms. The SMILES string of the molecule is [B]CC1=C(C(=O)OCC)[C@H](c2ccc(F)cc2C)N=C(c2nccs2)N1. The number of aryl methyl sites for hydroxylation is 1. The van der Waals surface area contributed by atoms with E-state index in [0.717, 1.165) is 5.56 Å². The lowest BCUT2D eigenvalue weighted by Crippen LogP contribution is -2.34. The minimum atomic E-state index is -0.645. The topological polar surface area (TPSA) is 63.6 Å². The number of nitrogens with zero attached hydrogens (tertiary/aromatic N) is 2. The van der Waals surface area contributed by atoms with Gasteiger partial charge in [-0.15, -0.1) is 11.3 Å². The molecular formula is C18H17BFN3O2S. The second-order valence-electron chi connectivity index (χ2n) is 5.66. The normalized spacial score (nSPS) is 16.9. The largest absolute Gasteiger partial charge is 0.463 e. The highest BCUT2D eigenvalue weighted by Crippen LogP contribution is 2.35. The lowest BCUT2D eigenvalue weighted by atomic mass is 9.88. The van der Waals surface area contributed by atoms with Crippen LogP contribution in [-0.4, -0.2) is 31.2 Å². The van der Waals surface area contributed by atoms with Gasteiger partial charge in [0.2, 0.25) is 0 Å². The van der Waals surface area contributed by atoms with Crippen molar-refractivity contribution >= 4 is 31.0 Å². The van der Waals surface area contributed by atoms with E-state index in [4.69, 9.17) is 12.6 Å². The Hall–Kier alpha value is -2.48. The van der Waals surface area contributed by atoms with Gasteiger partial charge in [0, 0.05) is 17.3 Å². The summed E-state index contributed by atoms with van der Waals surface area (Å²) in [6, 6.07) is 3.76. The van der Waals surface area contributed by atoms with Gasteiger partial charge < -0.3 is 10.1 Å². The third-order valence-corrected chi connectivity index (χ3v) is 4.77. The number of rotatable bonds is 5. The molecule has 1 N–H and O–H groups in total. The number of amidine groups is 1. The van der Waals surface area contributed by atoms with Gasteiger partial charge in [0.25, 0.3) is 0 Å². The molecule has 0 aliphatic carbocycles. The van der Waals surface area contributed by atoms with E-state index in [9.17, 15) is 9.18 Å². The van der Waals surface area contributed by atoms with E-state index < -0.39 is 12.0 Å². The quantitative estimate of drug-likeness (QED) is 0.650. The van der Waals surface area contributed by atoms with E-state index in [1.54, 1.807) is 26.1 Å². The van der Waals surface area contributed by atoms with Gasteiger partial charge in [-0.1, -0.05) is 6.07 Å². The van der Waals surface area contributed by atoms with E-state index in [1.165, 1.54) is 23.5 Å². The number of hydrogen-bond acceptors (Lipinski definition) is 6. The molecule has 0 unspecified atom stereocenters. The van der Waals surface area contributed by atoms with Crippen molar-refractivity contribution < 1.29 is 13.9 Å². The molecule has 0 saturated heterocycles. The number of aliphatic imine (C=N–C) groups is 1. The Morgan fingerprint density at radius 3 is 2.88 bits per heavy atom. The molecule has 3 rings (SSSR count). The summed E-state index contributed by atoms with van der Waals surface area (Å²) in [6.07, 6.45) is 1.78. The predicted molar refractivity (Wildman–Crippen MR) is 99.9 cm³/mol. The highest BCUT2D eigenvalue weighted by atomic mass is 32.1. The number of carbonyl (C=O) groups is 1. The monoisotopic (exact) mass is 369 g/mol. The first-order valence-corrected chi connectivity index (χ1v) is 9.04. The number of nitrogens with one attached hydrogen (secondary N) is 1. The van der Waals surface area contributed by atoms with Crippen LogP contribution < -0.4 is 5.32 Å². The summed E-state index contributed by atoms with van der Waals surface area (Å²) in [4.78, 5) is 21.5. The van der Waals surface area contributed by atoms with Crippen LogP contribution in [0.3, 0.4) is 0 Å². The Bertz CT molecular complexity index is 881. The molecule has 132 valence electrons. The minimum absolute atomic E-state index is 0.106. The molecule has 1 aliphatic rings. The number of allylic oxidation sites excluding steroid dienone is 1. The van der Waals surface area contributed by atoms with Crippen molar-refractivity contribution in [1.29, 1.82) is 0 Å². The Kier molecular flexibility index (Phi) is 5.51. The van der Waals surface area contributed by atoms with Gasteiger partial charge in [0.15, 0.2) is 10.8 Å². The molecule has 0 bridgehead atoms. The van der Waals surface area contributed by atoms with Gasteiger partial charge in [-0.25, -0.2) is 14.2 Å². The van der Waals surface area contributed by atoms with Crippen LogP contribution >= 0.6 is 11.3 Å². The third-order valence-electron chi connectivity index (χ3n) is 3.99. The van der Waals surface area contributed by atoms with Crippen LogP contribution in [0.15, 0.2) is 46.0 Å². The molecule has 1 aromatic carbocycles. The van der Waals surface area contributed by atoms with E-state index >= 15 is 0 Å².